The lowest BCUT2D eigenvalue weighted by Crippen LogP contribution is -2.16. The van der Waals surface area contributed by atoms with Gasteiger partial charge in [0.2, 0.25) is 0 Å². The average Bonchev–Trinajstić information content (AvgIpc) is 2.88. The van der Waals surface area contributed by atoms with E-state index in [0.29, 0.717) is 12.1 Å². The van der Waals surface area contributed by atoms with Crippen molar-refractivity contribution in [3.8, 4) is 11.1 Å². The Morgan fingerprint density at radius 2 is 0.975 bits per heavy atom. The van der Waals surface area contributed by atoms with Crippen LogP contribution in [0.2, 0.25) is 0 Å². The maximum Gasteiger partial charge on any atom is 0.417 e. The molecule has 0 saturated carbocycles. The molecule has 206 valence electrons. The zero-order valence-electron chi connectivity index (χ0n) is 20.5. The zero-order valence-corrected chi connectivity index (χ0v) is 22.7. The standard InChI is InChI=1S/C29H19F6IN2O2/c1-16-2-4-17(5-3-16)26(39)37-20-10-12-22(24(14-20)28(30,31)32)23-13-11-21(15-25(23)29(33,34)35)38-27(40)18-6-8-19(36)9-7-18/h2-15H,1H3,(H,37,39)(H,38,40). The van der Waals surface area contributed by atoms with Crippen LogP contribution in [0.5, 0.6) is 0 Å². The van der Waals surface area contributed by atoms with Gasteiger partial charge in [-0.15, -0.1) is 0 Å². The molecule has 11 heteroatoms. The van der Waals surface area contributed by atoms with Gasteiger partial charge in [0.15, 0.2) is 0 Å². The minimum atomic E-state index is -5.04. The molecule has 0 spiro atoms. The van der Waals surface area contributed by atoms with Crippen LogP contribution in [0.3, 0.4) is 0 Å². The van der Waals surface area contributed by atoms with E-state index in [-0.39, 0.29) is 22.5 Å². The molecule has 2 amide bonds. The normalized spacial score (nSPS) is 11.7. The highest BCUT2D eigenvalue weighted by molar-refractivity contribution is 14.1. The fourth-order valence-electron chi connectivity index (χ4n) is 3.90. The maximum atomic E-state index is 14.1. The van der Waals surface area contributed by atoms with Gasteiger partial charge in [-0.05, 0) is 101 Å². The lowest BCUT2D eigenvalue weighted by molar-refractivity contribution is -0.139. The van der Waals surface area contributed by atoms with Crippen LogP contribution in [0, 0.1) is 10.5 Å². The number of halogens is 7. The van der Waals surface area contributed by atoms with Gasteiger partial charge in [0.05, 0.1) is 11.1 Å². The summed E-state index contributed by atoms with van der Waals surface area (Å²) in [6, 6.07) is 17.7. The molecule has 0 unspecified atom stereocenters. The Morgan fingerprint density at radius 3 is 1.35 bits per heavy atom. The number of hydrogen-bond donors (Lipinski definition) is 2. The molecule has 0 aliphatic carbocycles. The Morgan fingerprint density at radius 1 is 0.600 bits per heavy atom. The van der Waals surface area contributed by atoms with Gasteiger partial charge in [0.1, 0.15) is 0 Å². The van der Waals surface area contributed by atoms with Crippen molar-refractivity contribution < 1.29 is 35.9 Å². The molecule has 4 aromatic carbocycles. The van der Waals surface area contributed by atoms with Crippen LogP contribution in [-0.2, 0) is 12.4 Å². The number of carbonyl (C=O) groups excluding carboxylic acids is 2. The van der Waals surface area contributed by atoms with Gasteiger partial charge in [0.25, 0.3) is 11.8 Å². The molecule has 0 aromatic heterocycles. The highest BCUT2D eigenvalue weighted by Gasteiger charge is 2.39. The molecule has 4 nitrogen and oxygen atoms in total. The van der Waals surface area contributed by atoms with E-state index in [1.165, 1.54) is 24.3 Å². The van der Waals surface area contributed by atoms with E-state index in [0.717, 1.165) is 33.4 Å². The minimum Gasteiger partial charge on any atom is -0.322 e. The fraction of sp³-hybridized carbons (Fsp3) is 0.103. The third-order valence-corrected chi connectivity index (χ3v) is 6.60. The number of amides is 2. The second kappa shape index (κ2) is 11.3. The van der Waals surface area contributed by atoms with E-state index in [9.17, 15) is 35.9 Å². The van der Waals surface area contributed by atoms with E-state index in [4.69, 9.17) is 0 Å². The largest absolute Gasteiger partial charge is 0.417 e. The summed E-state index contributed by atoms with van der Waals surface area (Å²) in [6.07, 6.45) is -10.1. The van der Waals surface area contributed by atoms with E-state index < -0.39 is 46.4 Å². The SMILES string of the molecule is Cc1ccc(C(=O)Nc2ccc(-c3ccc(NC(=O)c4ccc(I)cc4)cc3C(F)(F)F)c(C(F)(F)F)c2)cc1. The summed E-state index contributed by atoms with van der Waals surface area (Å²) in [5, 5.41) is 4.71. The molecule has 2 N–H and O–H groups in total. The minimum absolute atomic E-state index is 0.195. The van der Waals surface area contributed by atoms with Crippen LogP contribution in [0.1, 0.15) is 37.4 Å². The number of anilines is 2. The number of nitrogens with one attached hydrogen (secondary N) is 2. The molecule has 40 heavy (non-hydrogen) atoms. The summed E-state index contributed by atoms with van der Waals surface area (Å²) >= 11 is 2.03. The summed E-state index contributed by atoms with van der Waals surface area (Å²) in [4.78, 5) is 25.0. The van der Waals surface area contributed by atoms with E-state index in [1.54, 1.807) is 31.2 Å². The smallest absolute Gasteiger partial charge is 0.322 e. The number of hydrogen-bond acceptors (Lipinski definition) is 2. The second-order valence-corrected chi connectivity index (χ2v) is 10.0. The van der Waals surface area contributed by atoms with E-state index >= 15 is 0 Å². The van der Waals surface area contributed by atoms with E-state index in [1.807, 2.05) is 22.6 Å². The quantitative estimate of drug-likeness (QED) is 0.165. The molecule has 0 aliphatic rings. The Hall–Kier alpha value is -3.87. The summed E-state index contributed by atoms with van der Waals surface area (Å²) < 4.78 is 85.2. The van der Waals surface area contributed by atoms with Crippen LogP contribution in [0.25, 0.3) is 11.1 Å². The number of aryl methyl sites for hydroxylation is 1. The average molecular weight is 668 g/mol. The molecule has 0 bridgehead atoms. The molecular formula is C29H19F6IN2O2. The summed E-state index contributed by atoms with van der Waals surface area (Å²) in [7, 11) is 0. The third kappa shape index (κ3) is 6.82. The van der Waals surface area contributed by atoms with Crippen molar-refractivity contribution in [3.63, 3.8) is 0 Å². The maximum absolute atomic E-state index is 14.1. The first-order valence-electron chi connectivity index (χ1n) is 11.6. The Kier molecular flexibility index (Phi) is 8.24. The lowest BCUT2D eigenvalue weighted by Gasteiger charge is -2.20. The van der Waals surface area contributed by atoms with Crippen molar-refractivity contribution in [2.45, 2.75) is 19.3 Å². The van der Waals surface area contributed by atoms with Crippen LogP contribution in [0.15, 0.2) is 84.9 Å². The highest BCUT2D eigenvalue weighted by atomic mass is 127. The predicted octanol–water partition coefficient (Wildman–Crippen LogP) is 8.81. The van der Waals surface area contributed by atoms with Gasteiger partial charge in [-0.1, -0.05) is 29.8 Å². The van der Waals surface area contributed by atoms with Gasteiger partial charge in [-0.2, -0.15) is 26.3 Å². The van der Waals surface area contributed by atoms with Gasteiger partial charge in [0, 0.05) is 26.1 Å². The summed E-state index contributed by atoms with van der Waals surface area (Å²) in [5.41, 5.74) is -3.41. The molecule has 0 saturated heterocycles. The van der Waals surface area contributed by atoms with Crippen molar-refractivity contribution in [3.05, 3.63) is 116 Å². The molecular weight excluding hydrogens is 649 g/mol. The first-order chi connectivity index (χ1) is 18.7. The molecule has 0 aliphatic heterocycles. The number of rotatable bonds is 5. The topological polar surface area (TPSA) is 58.2 Å². The highest BCUT2D eigenvalue weighted by Crippen LogP contribution is 2.44. The molecule has 0 fully saturated rings. The molecule has 0 heterocycles. The van der Waals surface area contributed by atoms with Crippen LogP contribution in [-0.4, -0.2) is 11.8 Å². The number of alkyl halides is 6. The van der Waals surface area contributed by atoms with Crippen LogP contribution in [0.4, 0.5) is 37.7 Å². The van der Waals surface area contributed by atoms with Crippen molar-refractivity contribution in [2.24, 2.45) is 0 Å². The van der Waals surface area contributed by atoms with Crippen molar-refractivity contribution >= 4 is 45.8 Å². The summed E-state index contributed by atoms with van der Waals surface area (Å²) in [6.45, 7) is 1.80. The predicted molar refractivity (Wildman–Crippen MR) is 148 cm³/mol. The molecule has 4 rings (SSSR count). The molecule has 0 radical (unpaired) electrons. The number of benzene rings is 4. The van der Waals surface area contributed by atoms with Gasteiger partial charge in [-0.3, -0.25) is 9.59 Å². The van der Waals surface area contributed by atoms with Crippen LogP contribution < -0.4 is 10.6 Å². The van der Waals surface area contributed by atoms with E-state index in [2.05, 4.69) is 10.6 Å². The molecule has 0 atom stereocenters. The zero-order chi connectivity index (χ0) is 29.2. The van der Waals surface area contributed by atoms with Crippen molar-refractivity contribution in [1.29, 1.82) is 0 Å². The van der Waals surface area contributed by atoms with Gasteiger partial charge >= 0.3 is 12.4 Å². The molecule has 4 aromatic rings. The second-order valence-electron chi connectivity index (χ2n) is 8.80. The number of carbonyl (C=O) groups is 2. The first-order valence-corrected chi connectivity index (χ1v) is 12.7. The van der Waals surface area contributed by atoms with Gasteiger partial charge < -0.3 is 10.6 Å². The Bertz CT molecular complexity index is 1440. The van der Waals surface area contributed by atoms with Crippen molar-refractivity contribution in [1.82, 2.24) is 0 Å². The fourth-order valence-corrected chi connectivity index (χ4v) is 4.26. The Balaban J connectivity index is 1.71. The first kappa shape index (κ1) is 29.1. The monoisotopic (exact) mass is 668 g/mol. The third-order valence-electron chi connectivity index (χ3n) is 5.88. The van der Waals surface area contributed by atoms with Crippen molar-refractivity contribution in [2.75, 3.05) is 10.6 Å². The Labute approximate surface area is 238 Å². The lowest BCUT2D eigenvalue weighted by atomic mass is 9.93. The summed E-state index contributed by atoms with van der Waals surface area (Å²) in [5.74, 6) is -1.35. The van der Waals surface area contributed by atoms with Crippen LogP contribution >= 0.6 is 22.6 Å². The van der Waals surface area contributed by atoms with Gasteiger partial charge in [-0.25, -0.2) is 0 Å².